The number of aryl methyl sites for hydroxylation is 1. The molecular weight excluding hydrogens is 352 g/mol. The van der Waals surface area contributed by atoms with E-state index in [1.54, 1.807) is 0 Å². The summed E-state index contributed by atoms with van der Waals surface area (Å²) in [5, 5.41) is 3.28. The molecule has 3 heterocycles. The zero-order valence-corrected chi connectivity index (χ0v) is 16.4. The molecular formula is C22H26N4O2. The first kappa shape index (κ1) is 18.5. The van der Waals surface area contributed by atoms with E-state index >= 15 is 0 Å². The molecule has 0 saturated carbocycles. The normalized spacial score (nSPS) is 17.1. The number of pyridine rings is 1. The van der Waals surface area contributed by atoms with Crippen molar-refractivity contribution in [3.8, 4) is 5.75 Å². The van der Waals surface area contributed by atoms with Gasteiger partial charge in [0.2, 0.25) is 0 Å². The van der Waals surface area contributed by atoms with Gasteiger partial charge in [-0.3, -0.25) is 4.79 Å². The zero-order valence-electron chi connectivity index (χ0n) is 16.4. The van der Waals surface area contributed by atoms with E-state index in [1.807, 2.05) is 65.1 Å². The van der Waals surface area contributed by atoms with Crippen molar-refractivity contribution in [3.05, 3.63) is 65.6 Å². The van der Waals surface area contributed by atoms with Gasteiger partial charge in [0, 0.05) is 31.5 Å². The van der Waals surface area contributed by atoms with E-state index in [0.29, 0.717) is 24.0 Å². The summed E-state index contributed by atoms with van der Waals surface area (Å²) in [7, 11) is 1.95. The minimum atomic E-state index is 0.0289. The summed E-state index contributed by atoms with van der Waals surface area (Å²) in [5.74, 6) is 0.633. The first-order chi connectivity index (χ1) is 13.6. The van der Waals surface area contributed by atoms with Gasteiger partial charge >= 0.3 is 0 Å². The van der Waals surface area contributed by atoms with Gasteiger partial charge < -0.3 is 19.4 Å². The van der Waals surface area contributed by atoms with Crippen molar-refractivity contribution < 1.29 is 9.53 Å². The number of carbonyl (C=O) groups excluding carboxylic acids is 1. The van der Waals surface area contributed by atoms with E-state index in [2.05, 4.69) is 17.2 Å². The molecule has 6 nitrogen and oxygen atoms in total. The number of likely N-dealkylation sites (N-methyl/N-ethyl adjacent to an activating group) is 1. The number of hydrogen-bond donors (Lipinski definition) is 1. The summed E-state index contributed by atoms with van der Waals surface area (Å²) in [6.45, 7) is 3.90. The summed E-state index contributed by atoms with van der Waals surface area (Å²) in [5.41, 5.74) is 3.51. The molecule has 1 aromatic carbocycles. The van der Waals surface area contributed by atoms with Crippen molar-refractivity contribution >= 4 is 11.6 Å². The Bertz CT molecular complexity index is 982. The Morgan fingerprint density at radius 1 is 1.25 bits per heavy atom. The van der Waals surface area contributed by atoms with Crippen LogP contribution in [0.25, 0.3) is 5.65 Å². The number of ether oxygens (including phenoxy) is 1. The number of piperidine rings is 1. The smallest absolute Gasteiger partial charge is 0.257 e. The zero-order chi connectivity index (χ0) is 19.5. The summed E-state index contributed by atoms with van der Waals surface area (Å²) in [6, 6.07) is 11.9. The first-order valence-electron chi connectivity index (χ1n) is 9.76. The molecule has 1 saturated heterocycles. The van der Waals surface area contributed by atoms with Gasteiger partial charge in [0.15, 0.2) is 0 Å². The number of rotatable bonds is 5. The Morgan fingerprint density at radius 3 is 2.96 bits per heavy atom. The highest BCUT2D eigenvalue weighted by Gasteiger charge is 2.25. The second-order valence-corrected chi connectivity index (χ2v) is 7.37. The minimum Gasteiger partial charge on any atom is -0.486 e. The van der Waals surface area contributed by atoms with Crippen LogP contribution < -0.4 is 10.1 Å². The third-order valence-corrected chi connectivity index (χ3v) is 5.26. The molecule has 0 aliphatic carbocycles. The first-order valence-corrected chi connectivity index (χ1v) is 9.76. The third kappa shape index (κ3) is 3.87. The molecule has 6 heteroatoms. The average molecular weight is 378 g/mol. The van der Waals surface area contributed by atoms with Gasteiger partial charge in [-0.25, -0.2) is 4.98 Å². The molecule has 1 N–H and O–H groups in total. The summed E-state index contributed by atoms with van der Waals surface area (Å²) in [6.07, 6.45) is 6.12. The van der Waals surface area contributed by atoms with Gasteiger partial charge in [0.1, 0.15) is 18.0 Å². The van der Waals surface area contributed by atoms with E-state index in [4.69, 9.17) is 4.74 Å². The Balaban J connectivity index is 1.50. The highest BCUT2D eigenvalue weighted by Crippen LogP contribution is 2.23. The molecule has 1 unspecified atom stereocenters. The molecule has 1 aliphatic rings. The highest BCUT2D eigenvalue weighted by atomic mass is 16.5. The fourth-order valence-corrected chi connectivity index (χ4v) is 3.71. The van der Waals surface area contributed by atoms with E-state index < -0.39 is 0 Å². The van der Waals surface area contributed by atoms with Gasteiger partial charge in [-0.05, 0) is 50.6 Å². The van der Waals surface area contributed by atoms with Crippen LogP contribution in [0, 0.1) is 6.92 Å². The lowest BCUT2D eigenvalue weighted by molar-refractivity contribution is 0.0693. The predicted molar refractivity (Wildman–Crippen MR) is 109 cm³/mol. The van der Waals surface area contributed by atoms with Gasteiger partial charge in [-0.2, -0.15) is 0 Å². The van der Waals surface area contributed by atoms with Crippen LogP contribution in [-0.2, 0) is 6.61 Å². The number of nitrogens with zero attached hydrogens (tertiary/aromatic N) is 3. The molecule has 0 bridgehead atoms. The number of hydrogen-bond acceptors (Lipinski definition) is 4. The predicted octanol–water partition coefficient (Wildman–Crippen LogP) is 3.05. The summed E-state index contributed by atoms with van der Waals surface area (Å²) < 4.78 is 8.01. The molecule has 1 aliphatic heterocycles. The Hall–Kier alpha value is -2.86. The molecule has 3 aromatic rings. The fourth-order valence-electron chi connectivity index (χ4n) is 3.71. The number of benzene rings is 1. The maximum absolute atomic E-state index is 13.1. The topological polar surface area (TPSA) is 58.9 Å². The number of fused-ring (bicyclic) bond motifs is 1. The molecule has 0 radical (unpaired) electrons. The number of imidazole rings is 1. The second kappa shape index (κ2) is 8.02. The minimum absolute atomic E-state index is 0.0289. The van der Waals surface area contributed by atoms with Gasteiger partial charge in [-0.1, -0.05) is 18.2 Å². The third-order valence-electron chi connectivity index (χ3n) is 5.26. The standard InChI is InChI=1S/C22H26N4O2/c1-16-9-10-21-24-18(14-26(21)12-16)15-28-20-8-4-3-7-19(20)22(27)25-11-5-6-17(13-25)23-2/h3-4,7-10,12,14,17,23H,5-6,11,13,15H2,1-2H3. The SMILES string of the molecule is CNC1CCCN(C(=O)c2ccccc2OCc2cn3cc(C)ccc3n2)C1. The molecule has 1 fully saturated rings. The lowest BCUT2D eigenvalue weighted by Gasteiger charge is -2.33. The number of amides is 1. The van der Waals surface area contributed by atoms with Crippen LogP contribution in [0.5, 0.6) is 5.75 Å². The van der Waals surface area contributed by atoms with Gasteiger partial charge in [0.25, 0.3) is 5.91 Å². The van der Waals surface area contributed by atoms with Crippen molar-refractivity contribution in [3.63, 3.8) is 0 Å². The monoisotopic (exact) mass is 378 g/mol. The fraction of sp³-hybridized carbons (Fsp3) is 0.364. The maximum atomic E-state index is 13.1. The Kier molecular flexibility index (Phi) is 5.30. The van der Waals surface area contributed by atoms with Crippen molar-refractivity contribution in [1.82, 2.24) is 19.6 Å². The Morgan fingerprint density at radius 2 is 2.11 bits per heavy atom. The molecule has 4 rings (SSSR count). The number of carbonyl (C=O) groups is 1. The number of aromatic nitrogens is 2. The number of para-hydroxylation sites is 1. The van der Waals surface area contributed by atoms with Crippen molar-refractivity contribution in [2.45, 2.75) is 32.4 Å². The number of nitrogens with one attached hydrogen (secondary N) is 1. The van der Waals surface area contributed by atoms with Crippen LogP contribution in [-0.4, -0.2) is 46.4 Å². The molecule has 28 heavy (non-hydrogen) atoms. The summed E-state index contributed by atoms with van der Waals surface area (Å²) >= 11 is 0. The Labute approximate surface area is 165 Å². The molecule has 2 aromatic heterocycles. The van der Waals surface area contributed by atoms with Crippen molar-refractivity contribution in [1.29, 1.82) is 0 Å². The van der Waals surface area contributed by atoms with E-state index in [0.717, 1.165) is 37.3 Å². The maximum Gasteiger partial charge on any atom is 0.257 e. The van der Waals surface area contributed by atoms with Crippen LogP contribution in [0.2, 0.25) is 0 Å². The molecule has 146 valence electrons. The van der Waals surface area contributed by atoms with Crippen LogP contribution in [0.1, 0.15) is 34.5 Å². The average Bonchev–Trinajstić information content (AvgIpc) is 3.14. The van der Waals surface area contributed by atoms with Crippen LogP contribution in [0.3, 0.4) is 0 Å². The van der Waals surface area contributed by atoms with Crippen molar-refractivity contribution in [2.75, 3.05) is 20.1 Å². The van der Waals surface area contributed by atoms with Crippen LogP contribution in [0.15, 0.2) is 48.8 Å². The quantitative estimate of drug-likeness (QED) is 0.741. The highest BCUT2D eigenvalue weighted by molar-refractivity contribution is 5.97. The largest absolute Gasteiger partial charge is 0.486 e. The van der Waals surface area contributed by atoms with E-state index in [9.17, 15) is 4.79 Å². The van der Waals surface area contributed by atoms with Gasteiger partial charge in [-0.15, -0.1) is 0 Å². The van der Waals surface area contributed by atoms with E-state index in [1.165, 1.54) is 5.56 Å². The lowest BCUT2D eigenvalue weighted by Crippen LogP contribution is -2.47. The van der Waals surface area contributed by atoms with E-state index in [-0.39, 0.29) is 5.91 Å². The van der Waals surface area contributed by atoms with Gasteiger partial charge in [0.05, 0.1) is 11.3 Å². The van der Waals surface area contributed by atoms with Crippen LogP contribution >= 0.6 is 0 Å². The van der Waals surface area contributed by atoms with Crippen molar-refractivity contribution in [2.24, 2.45) is 0 Å². The van der Waals surface area contributed by atoms with Crippen LogP contribution in [0.4, 0.5) is 0 Å². The molecule has 1 amide bonds. The molecule has 1 atom stereocenters. The number of likely N-dealkylation sites (tertiary alicyclic amines) is 1. The summed E-state index contributed by atoms with van der Waals surface area (Å²) in [4.78, 5) is 19.6. The molecule has 0 spiro atoms. The lowest BCUT2D eigenvalue weighted by atomic mass is 10.0. The second-order valence-electron chi connectivity index (χ2n) is 7.37.